The van der Waals surface area contributed by atoms with Gasteiger partial charge in [0.05, 0.1) is 26.7 Å². The molecule has 1 heterocycles. The molecule has 16 heavy (non-hydrogen) atoms. The highest BCUT2D eigenvalue weighted by Gasteiger charge is 2.17. The first-order valence-corrected chi connectivity index (χ1v) is 4.69. The van der Waals surface area contributed by atoms with E-state index in [9.17, 15) is 9.59 Å². The molecule has 0 amide bonds. The third-order valence-corrected chi connectivity index (χ3v) is 1.75. The van der Waals surface area contributed by atoms with Crippen molar-refractivity contribution < 1.29 is 19.1 Å². The van der Waals surface area contributed by atoms with Crippen LogP contribution in [0.3, 0.4) is 0 Å². The minimum Gasteiger partial charge on any atom is -0.469 e. The normalized spacial score (nSPS) is 9.88. The number of tetrazole rings is 1. The Bertz CT molecular complexity index is 376. The molecule has 0 aliphatic carbocycles. The molecule has 1 rings (SSSR count). The van der Waals surface area contributed by atoms with Gasteiger partial charge in [0.1, 0.15) is 0 Å². The minimum atomic E-state index is -0.614. The van der Waals surface area contributed by atoms with Crippen molar-refractivity contribution in [2.45, 2.75) is 19.9 Å². The third-order valence-electron chi connectivity index (χ3n) is 1.75. The summed E-state index contributed by atoms with van der Waals surface area (Å²) in [6, 6.07) is 0. The summed E-state index contributed by atoms with van der Waals surface area (Å²) in [6.07, 6.45) is 0.0912. The second kappa shape index (κ2) is 5.79. The molecule has 0 saturated carbocycles. The summed E-state index contributed by atoms with van der Waals surface area (Å²) in [5.74, 6) is -1.03. The highest BCUT2D eigenvalue weighted by atomic mass is 16.5. The number of nitrogens with zero attached hydrogens (tertiary/aromatic N) is 4. The van der Waals surface area contributed by atoms with Gasteiger partial charge >= 0.3 is 11.9 Å². The van der Waals surface area contributed by atoms with E-state index in [2.05, 4.69) is 20.3 Å². The number of hydrogen-bond acceptors (Lipinski definition) is 7. The molecular weight excluding hydrogens is 216 g/mol. The lowest BCUT2D eigenvalue weighted by Gasteiger charge is -2.02. The van der Waals surface area contributed by atoms with Gasteiger partial charge in [0, 0.05) is 0 Å². The lowest BCUT2D eigenvalue weighted by atomic mass is 10.4. The molecule has 0 N–H and O–H groups in total. The summed E-state index contributed by atoms with van der Waals surface area (Å²) in [4.78, 5) is 22.2. The van der Waals surface area contributed by atoms with E-state index < -0.39 is 11.9 Å². The second-order valence-corrected chi connectivity index (χ2v) is 2.77. The number of hydrogen-bond donors (Lipinski definition) is 0. The van der Waals surface area contributed by atoms with E-state index in [-0.39, 0.29) is 25.4 Å². The summed E-state index contributed by atoms with van der Waals surface area (Å²) in [5.41, 5.74) is 0. The fourth-order valence-electron chi connectivity index (χ4n) is 0.996. The maximum absolute atomic E-state index is 11.3. The van der Waals surface area contributed by atoms with Gasteiger partial charge in [-0.05, 0) is 17.4 Å². The number of methoxy groups -OCH3 is 1. The molecule has 1 aromatic heterocycles. The van der Waals surface area contributed by atoms with Gasteiger partial charge in [-0.3, -0.25) is 4.79 Å². The largest absolute Gasteiger partial charge is 0.469 e. The zero-order valence-electron chi connectivity index (χ0n) is 9.04. The maximum Gasteiger partial charge on any atom is 0.378 e. The van der Waals surface area contributed by atoms with Crippen LogP contribution < -0.4 is 0 Å². The van der Waals surface area contributed by atoms with Gasteiger partial charge in [-0.15, -0.1) is 5.10 Å². The minimum absolute atomic E-state index is 0.0225. The van der Waals surface area contributed by atoms with E-state index in [1.165, 1.54) is 11.8 Å². The molecule has 0 atom stereocenters. The van der Waals surface area contributed by atoms with E-state index in [0.29, 0.717) is 0 Å². The van der Waals surface area contributed by atoms with Gasteiger partial charge in [-0.25, -0.2) is 9.48 Å². The molecule has 0 unspecified atom stereocenters. The Hall–Kier alpha value is -1.99. The number of carbonyl (C=O) groups excluding carboxylic acids is 2. The Morgan fingerprint density at radius 3 is 2.81 bits per heavy atom. The smallest absolute Gasteiger partial charge is 0.378 e. The first-order valence-electron chi connectivity index (χ1n) is 4.69. The van der Waals surface area contributed by atoms with Gasteiger partial charge in [0.15, 0.2) is 0 Å². The van der Waals surface area contributed by atoms with Gasteiger partial charge in [0.25, 0.3) is 5.82 Å². The Kier molecular flexibility index (Phi) is 4.37. The first-order chi connectivity index (χ1) is 7.69. The molecule has 1 aromatic rings. The van der Waals surface area contributed by atoms with Crippen LogP contribution in [0.25, 0.3) is 0 Å². The first kappa shape index (κ1) is 12.1. The van der Waals surface area contributed by atoms with Gasteiger partial charge in [-0.1, -0.05) is 0 Å². The zero-order chi connectivity index (χ0) is 12.0. The summed E-state index contributed by atoms with van der Waals surface area (Å²) in [5, 5.41) is 10.4. The average Bonchev–Trinajstić information content (AvgIpc) is 2.74. The number of aryl methyl sites for hydroxylation is 1. The molecule has 0 aliphatic heterocycles. The number of aromatic nitrogens is 4. The zero-order valence-corrected chi connectivity index (χ0v) is 9.04. The molecule has 0 aliphatic rings. The Labute approximate surface area is 91.5 Å². The molecule has 8 heteroatoms. The van der Waals surface area contributed by atoms with Crippen LogP contribution in [0.1, 0.15) is 24.0 Å². The highest BCUT2D eigenvalue weighted by Crippen LogP contribution is 1.98. The molecular formula is C8H12N4O4. The van der Waals surface area contributed by atoms with Crippen LogP contribution in [0.15, 0.2) is 0 Å². The average molecular weight is 228 g/mol. The van der Waals surface area contributed by atoms with Gasteiger partial charge in [0.2, 0.25) is 0 Å². The highest BCUT2D eigenvalue weighted by molar-refractivity contribution is 5.85. The fourth-order valence-corrected chi connectivity index (χ4v) is 0.996. The third kappa shape index (κ3) is 3.01. The number of esters is 2. The molecule has 0 bridgehead atoms. The SMILES string of the molecule is CCOC(=O)c1nnnn1CCC(=O)OC. The standard InChI is InChI=1S/C8H12N4O4/c1-3-16-8(14)7-9-10-11-12(7)5-4-6(13)15-2/h3-5H2,1-2H3. The van der Waals surface area contributed by atoms with Crippen LogP contribution in [0, 0.1) is 0 Å². The number of ether oxygens (including phenoxy) is 2. The van der Waals surface area contributed by atoms with Crippen molar-refractivity contribution in [1.82, 2.24) is 20.2 Å². The van der Waals surface area contributed by atoms with Crippen LogP contribution >= 0.6 is 0 Å². The fraction of sp³-hybridized carbons (Fsp3) is 0.625. The Morgan fingerprint density at radius 2 is 2.19 bits per heavy atom. The summed E-state index contributed by atoms with van der Waals surface area (Å²) >= 11 is 0. The Balaban J connectivity index is 2.63. The van der Waals surface area contributed by atoms with Crippen molar-refractivity contribution in [3.05, 3.63) is 5.82 Å². The van der Waals surface area contributed by atoms with Crippen molar-refractivity contribution in [3.8, 4) is 0 Å². The molecule has 0 spiro atoms. The molecule has 0 saturated heterocycles. The van der Waals surface area contributed by atoms with Crippen LogP contribution in [0.5, 0.6) is 0 Å². The van der Waals surface area contributed by atoms with Crippen molar-refractivity contribution in [2.24, 2.45) is 0 Å². The Morgan fingerprint density at radius 1 is 1.44 bits per heavy atom. The van der Waals surface area contributed by atoms with Crippen LogP contribution in [0.4, 0.5) is 0 Å². The topological polar surface area (TPSA) is 96.2 Å². The molecule has 88 valence electrons. The van der Waals surface area contributed by atoms with E-state index in [4.69, 9.17) is 4.74 Å². The number of carbonyl (C=O) groups is 2. The molecule has 0 fully saturated rings. The lowest BCUT2D eigenvalue weighted by Crippen LogP contribution is -2.16. The predicted molar refractivity (Wildman–Crippen MR) is 50.4 cm³/mol. The van der Waals surface area contributed by atoms with Gasteiger partial charge in [-0.2, -0.15) is 0 Å². The van der Waals surface area contributed by atoms with Crippen molar-refractivity contribution >= 4 is 11.9 Å². The van der Waals surface area contributed by atoms with Crippen molar-refractivity contribution in [1.29, 1.82) is 0 Å². The number of rotatable bonds is 5. The predicted octanol–water partition coefficient (Wildman–Crippen LogP) is -0.587. The van der Waals surface area contributed by atoms with E-state index >= 15 is 0 Å². The van der Waals surface area contributed by atoms with Crippen LogP contribution in [0.2, 0.25) is 0 Å². The van der Waals surface area contributed by atoms with Crippen molar-refractivity contribution in [2.75, 3.05) is 13.7 Å². The lowest BCUT2D eigenvalue weighted by molar-refractivity contribution is -0.140. The van der Waals surface area contributed by atoms with Crippen LogP contribution in [-0.4, -0.2) is 45.9 Å². The molecule has 8 nitrogen and oxygen atoms in total. The summed E-state index contributed by atoms with van der Waals surface area (Å²) in [6.45, 7) is 2.09. The van der Waals surface area contributed by atoms with E-state index in [1.54, 1.807) is 6.92 Å². The monoisotopic (exact) mass is 228 g/mol. The second-order valence-electron chi connectivity index (χ2n) is 2.77. The quantitative estimate of drug-likeness (QED) is 0.621. The van der Waals surface area contributed by atoms with E-state index in [0.717, 1.165) is 0 Å². The molecule has 0 radical (unpaired) electrons. The summed E-state index contributed by atoms with van der Waals surface area (Å²) < 4.78 is 10.4. The van der Waals surface area contributed by atoms with Crippen LogP contribution in [-0.2, 0) is 20.8 Å². The van der Waals surface area contributed by atoms with Crippen molar-refractivity contribution in [3.63, 3.8) is 0 Å². The maximum atomic E-state index is 11.3. The van der Waals surface area contributed by atoms with Gasteiger partial charge < -0.3 is 9.47 Å². The molecule has 0 aromatic carbocycles. The summed E-state index contributed by atoms with van der Waals surface area (Å²) in [7, 11) is 1.29. The van der Waals surface area contributed by atoms with E-state index in [1.807, 2.05) is 0 Å².